The number of hydrogen-bond donors (Lipinski definition) is 1. The number of hydrogen-bond acceptors (Lipinski definition) is 5. The number of pyridine rings is 1. The van der Waals surface area contributed by atoms with Gasteiger partial charge in [0.05, 0.1) is 5.56 Å². The quantitative estimate of drug-likeness (QED) is 0.496. The fraction of sp³-hybridized carbons (Fsp3) is 0.286. The molecule has 144 valence electrons. The number of halogens is 1. The van der Waals surface area contributed by atoms with Crippen LogP contribution in [0.2, 0.25) is 0 Å². The number of aryl methyl sites for hydroxylation is 1. The van der Waals surface area contributed by atoms with Gasteiger partial charge in [-0.25, -0.2) is 9.37 Å². The third-order valence-corrected chi connectivity index (χ3v) is 4.72. The first-order valence-electron chi connectivity index (χ1n) is 9.20. The molecule has 1 aliphatic rings. The zero-order valence-corrected chi connectivity index (χ0v) is 15.6. The summed E-state index contributed by atoms with van der Waals surface area (Å²) in [5.41, 5.74) is 8.98. The highest BCUT2D eigenvalue weighted by atomic mass is 19.1. The molecule has 1 fully saturated rings. The van der Waals surface area contributed by atoms with Gasteiger partial charge in [-0.1, -0.05) is 5.16 Å². The molecule has 1 aromatic carbocycles. The molecule has 0 unspecified atom stereocenters. The van der Waals surface area contributed by atoms with Gasteiger partial charge in [0.2, 0.25) is 5.88 Å². The summed E-state index contributed by atoms with van der Waals surface area (Å²) in [5.74, 6) is 2.00. The van der Waals surface area contributed by atoms with E-state index in [1.807, 2.05) is 13.0 Å². The Hall–Kier alpha value is -3.22. The Labute approximate surface area is 162 Å². The average Bonchev–Trinajstić information content (AvgIpc) is 3.47. The molecule has 0 aliphatic heterocycles. The number of benzene rings is 1. The summed E-state index contributed by atoms with van der Waals surface area (Å²) in [5, 5.41) is 4.07. The van der Waals surface area contributed by atoms with Gasteiger partial charge in [-0.05, 0) is 56.0 Å². The SMILES string of the molecule is Cc1onc(-c2ccc(F)cc2)c1COc1ccc(C(N)=NCC2CC2)cn1. The van der Waals surface area contributed by atoms with Crippen LogP contribution in [-0.2, 0) is 6.61 Å². The van der Waals surface area contributed by atoms with Crippen molar-refractivity contribution in [1.82, 2.24) is 10.1 Å². The lowest BCUT2D eigenvalue weighted by Crippen LogP contribution is -2.14. The van der Waals surface area contributed by atoms with Crippen molar-refractivity contribution in [2.24, 2.45) is 16.6 Å². The van der Waals surface area contributed by atoms with E-state index in [0.717, 1.165) is 23.2 Å². The molecule has 1 aliphatic carbocycles. The third kappa shape index (κ3) is 4.19. The van der Waals surface area contributed by atoms with Gasteiger partial charge in [0, 0.05) is 29.9 Å². The first-order chi connectivity index (χ1) is 13.6. The van der Waals surface area contributed by atoms with Crippen LogP contribution in [0.15, 0.2) is 52.1 Å². The fourth-order valence-corrected chi connectivity index (χ4v) is 2.78. The first kappa shape index (κ1) is 18.2. The normalized spacial score (nSPS) is 14.3. The lowest BCUT2D eigenvalue weighted by atomic mass is 10.1. The summed E-state index contributed by atoms with van der Waals surface area (Å²) < 4.78 is 24.3. The average molecular weight is 380 g/mol. The predicted octanol–water partition coefficient (Wildman–Crippen LogP) is 3.88. The van der Waals surface area contributed by atoms with Crippen LogP contribution < -0.4 is 10.5 Å². The van der Waals surface area contributed by atoms with Crippen LogP contribution in [0, 0.1) is 18.7 Å². The molecule has 2 heterocycles. The Balaban J connectivity index is 1.44. The van der Waals surface area contributed by atoms with Crippen LogP contribution in [0.5, 0.6) is 5.88 Å². The van der Waals surface area contributed by atoms with Crippen LogP contribution in [-0.4, -0.2) is 22.5 Å². The van der Waals surface area contributed by atoms with Crippen molar-refractivity contribution < 1.29 is 13.7 Å². The summed E-state index contributed by atoms with van der Waals surface area (Å²) in [6.45, 7) is 2.83. The van der Waals surface area contributed by atoms with E-state index in [2.05, 4.69) is 15.1 Å². The van der Waals surface area contributed by atoms with Crippen LogP contribution >= 0.6 is 0 Å². The van der Waals surface area contributed by atoms with E-state index < -0.39 is 0 Å². The smallest absolute Gasteiger partial charge is 0.213 e. The van der Waals surface area contributed by atoms with E-state index in [1.165, 1.54) is 25.0 Å². The van der Waals surface area contributed by atoms with Crippen LogP contribution in [0.1, 0.15) is 29.7 Å². The zero-order chi connectivity index (χ0) is 19.5. The number of aromatic nitrogens is 2. The molecule has 6 nitrogen and oxygen atoms in total. The minimum atomic E-state index is -0.300. The Morgan fingerprint density at radius 2 is 2.04 bits per heavy atom. The van der Waals surface area contributed by atoms with Gasteiger partial charge in [0.1, 0.15) is 29.7 Å². The van der Waals surface area contributed by atoms with E-state index in [-0.39, 0.29) is 12.4 Å². The molecule has 0 bridgehead atoms. The molecule has 7 heteroatoms. The van der Waals surface area contributed by atoms with Crippen molar-refractivity contribution >= 4 is 5.84 Å². The van der Waals surface area contributed by atoms with Gasteiger partial charge in [-0.3, -0.25) is 4.99 Å². The molecular formula is C21H21FN4O2. The van der Waals surface area contributed by atoms with E-state index in [4.69, 9.17) is 15.0 Å². The lowest BCUT2D eigenvalue weighted by Gasteiger charge is -2.07. The topological polar surface area (TPSA) is 86.5 Å². The molecule has 0 spiro atoms. The van der Waals surface area contributed by atoms with Crippen molar-refractivity contribution in [3.63, 3.8) is 0 Å². The van der Waals surface area contributed by atoms with Gasteiger partial charge < -0.3 is 15.0 Å². The van der Waals surface area contributed by atoms with E-state index >= 15 is 0 Å². The maximum Gasteiger partial charge on any atom is 0.213 e. The van der Waals surface area contributed by atoms with Gasteiger partial charge in [0.15, 0.2) is 0 Å². The number of amidine groups is 1. The van der Waals surface area contributed by atoms with Crippen molar-refractivity contribution in [2.45, 2.75) is 26.4 Å². The van der Waals surface area contributed by atoms with Crippen LogP contribution in [0.25, 0.3) is 11.3 Å². The van der Waals surface area contributed by atoms with Gasteiger partial charge >= 0.3 is 0 Å². The van der Waals surface area contributed by atoms with Gasteiger partial charge in [0.25, 0.3) is 0 Å². The summed E-state index contributed by atoms with van der Waals surface area (Å²) in [7, 11) is 0. The van der Waals surface area contributed by atoms with E-state index in [9.17, 15) is 4.39 Å². The molecule has 0 atom stereocenters. The van der Waals surface area contributed by atoms with Crippen molar-refractivity contribution in [1.29, 1.82) is 0 Å². The van der Waals surface area contributed by atoms with Crippen LogP contribution in [0.4, 0.5) is 4.39 Å². The van der Waals surface area contributed by atoms with Gasteiger partial charge in [-0.2, -0.15) is 0 Å². The number of ether oxygens (including phenoxy) is 1. The highest BCUT2D eigenvalue weighted by molar-refractivity contribution is 5.97. The second-order valence-corrected chi connectivity index (χ2v) is 6.92. The minimum absolute atomic E-state index is 0.236. The van der Waals surface area contributed by atoms with Crippen molar-refractivity contribution in [2.75, 3.05) is 6.54 Å². The molecule has 0 saturated heterocycles. The summed E-state index contributed by atoms with van der Waals surface area (Å²) in [4.78, 5) is 8.70. The largest absolute Gasteiger partial charge is 0.473 e. The molecule has 2 aromatic heterocycles. The minimum Gasteiger partial charge on any atom is -0.473 e. The summed E-state index contributed by atoms with van der Waals surface area (Å²) in [6, 6.07) is 9.70. The first-order valence-corrected chi connectivity index (χ1v) is 9.20. The Morgan fingerprint density at radius 1 is 1.25 bits per heavy atom. The standard InChI is InChI=1S/C21H21FN4O2/c1-13-18(20(26-28-13)15-4-7-17(22)8-5-15)12-27-19-9-6-16(11-24-19)21(23)25-10-14-2-3-14/h4-9,11,14H,2-3,10,12H2,1H3,(H2,23,25). The van der Waals surface area contributed by atoms with E-state index in [0.29, 0.717) is 29.1 Å². The highest BCUT2D eigenvalue weighted by Crippen LogP contribution is 2.29. The lowest BCUT2D eigenvalue weighted by molar-refractivity contribution is 0.290. The van der Waals surface area contributed by atoms with E-state index in [1.54, 1.807) is 24.4 Å². The van der Waals surface area contributed by atoms with Crippen LogP contribution in [0.3, 0.4) is 0 Å². The Kier molecular flexibility index (Phi) is 5.06. The third-order valence-electron chi connectivity index (χ3n) is 4.72. The molecular weight excluding hydrogens is 359 g/mol. The zero-order valence-electron chi connectivity index (χ0n) is 15.6. The predicted molar refractivity (Wildman–Crippen MR) is 104 cm³/mol. The molecule has 3 aromatic rings. The van der Waals surface area contributed by atoms with Gasteiger partial charge in [-0.15, -0.1) is 0 Å². The number of rotatable bonds is 7. The van der Waals surface area contributed by atoms with Crippen molar-refractivity contribution in [3.8, 4) is 17.1 Å². The molecule has 0 radical (unpaired) electrons. The number of nitrogens with zero attached hydrogens (tertiary/aromatic N) is 3. The second-order valence-electron chi connectivity index (χ2n) is 6.92. The molecule has 2 N–H and O–H groups in total. The highest BCUT2D eigenvalue weighted by Gasteiger charge is 2.20. The molecule has 0 amide bonds. The monoisotopic (exact) mass is 380 g/mol. The maximum absolute atomic E-state index is 13.2. The van der Waals surface area contributed by atoms with Crippen molar-refractivity contribution in [3.05, 3.63) is 65.3 Å². The Bertz CT molecular complexity index is 977. The number of nitrogens with two attached hydrogens (primary N) is 1. The number of aliphatic imine (C=N–C) groups is 1. The second kappa shape index (κ2) is 7.80. The molecule has 28 heavy (non-hydrogen) atoms. The summed E-state index contributed by atoms with van der Waals surface area (Å²) >= 11 is 0. The molecule has 4 rings (SSSR count). The fourth-order valence-electron chi connectivity index (χ4n) is 2.78. The summed E-state index contributed by atoms with van der Waals surface area (Å²) in [6.07, 6.45) is 4.14. The molecule has 1 saturated carbocycles. The maximum atomic E-state index is 13.2. The Morgan fingerprint density at radius 3 is 2.71 bits per heavy atom.